The van der Waals surface area contributed by atoms with Gasteiger partial charge in [0.1, 0.15) is 22.7 Å². The molecule has 0 aliphatic rings. The molecule has 0 heterocycles. The number of carboxylic acid groups (broad SMARTS) is 1. The van der Waals surface area contributed by atoms with Gasteiger partial charge in [-0.3, -0.25) is 4.79 Å². The summed E-state index contributed by atoms with van der Waals surface area (Å²) in [5.74, 6) is -5.20. The number of rotatable bonds is 3. The predicted octanol–water partition coefficient (Wildman–Crippen LogP) is 1.71. The van der Waals surface area contributed by atoms with Crippen molar-refractivity contribution in [2.24, 2.45) is 5.73 Å². The average Bonchev–Trinajstić information content (AvgIpc) is 2.20. The lowest BCUT2D eigenvalue weighted by molar-refractivity contribution is -0.138. The summed E-state index contributed by atoms with van der Waals surface area (Å²) in [6, 6.07) is -1.10. The van der Waals surface area contributed by atoms with Crippen LogP contribution < -0.4 is 5.73 Å². The molecule has 0 spiro atoms. The highest BCUT2D eigenvalue weighted by Crippen LogP contribution is 2.25. The first-order valence-corrected chi connectivity index (χ1v) is 4.52. The van der Waals surface area contributed by atoms with Crippen molar-refractivity contribution >= 4 is 17.6 Å². The number of carboxylic acids is 1. The molecule has 0 saturated heterocycles. The highest BCUT2D eigenvalue weighted by atomic mass is 35.5. The summed E-state index contributed by atoms with van der Waals surface area (Å²) >= 11 is 5.21. The Bertz CT molecular complexity index is 439. The first-order chi connectivity index (χ1) is 7.34. The maximum absolute atomic E-state index is 13.3. The molecule has 0 aliphatic carbocycles. The van der Waals surface area contributed by atoms with Crippen molar-refractivity contribution < 1.29 is 23.1 Å². The molecule has 0 bridgehead atoms. The van der Waals surface area contributed by atoms with E-state index in [0.717, 1.165) is 0 Å². The molecule has 1 aromatic rings. The number of hydrogen-bond acceptors (Lipinski definition) is 2. The first-order valence-electron chi connectivity index (χ1n) is 4.14. The zero-order chi connectivity index (χ0) is 12.5. The fourth-order valence-electron chi connectivity index (χ4n) is 1.10. The summed E-state index contributed by atoms with van der Waals surface area (Å²) in [4.78, 5) is 10.4. The Hall–Kier alpha value is -1.27. The van der Waals surface area contributed by atoms with Crippen LogP contribution in [0.25, 0.3) is 0 Å². The summed E-state index contributed by atoms with van der Waals surface area (Å²) in [7, 11) is 0. The van der Waals surface area contributed by atoms with Crippen molar-refractivity contribution in [1.82, 2.24) is 0 Å². The van der Waals surface area contributed by atoms with Crippen molar-refractivity contribution in [1.29, 1.82) is 0 Å². The standard InChI is InChI=1S/C9H7ClF3NO2/c10-7-5(12)2-4(11)3(8(7)13)1-6(14)9(15)16/h2,6H,1,14H2,(H,15,16). The average molecular weight is 254 g/mol. The lowest BCUT2D eigenvalue weighted by Gasteiger charge is -2.10. The minimum atomic E-state index is -1.48. The van der Waals surface area contributed by atoms with E-state index in [9.17, 15) is 18.0 Å². The van der Waals surface area contributed by atoms with Gasteiger partial charge in [0.25, 0.3) is 0 Å². The van der Waals surface area contributed by atoms with Gasteiger partial charge in [-0.2, -0.15) is 0 Å². The summed E-state index contributed by atoms with van der Waals surface area (Å²) in [6.07, 6.45) is -0.604. The van der Waals surface area contributed by atoms with Crippen LogP contribution in [0.15, 0.2) is 6.07 Å². The van der Waals surface area contributed by atoms with E-state index in [4.69, 9.17) is 22.4 Å². The van der Waals surface area contributed by atoms with Crippen LogP contribution in [0.5, 0.6) is 0 Å². The van der Waals surface area contributed by atoms with E-state index < -0.39 is 46.5 Å². The molecule has 0 aromatic heterocycles. The molecule has 1 rings (SSSR count). The van der Waals surface area contributed by atoms with E-state index in [1.807, 2.05) is 0 Å². The Labute approximate surface area is 93.6 Å². The van der Waals surface area contributed by atoms with Crippen LogP contribution in [0, 0.1) is 17.5 Å². The van der Waals surface area contributed by atoms with Crippen molar-refractivity contribution in [3.63, 3.8) is 0 Å². The van der Waals surface area contributed by atoms with Gasteiger partial charge in [-0.25, -0.2) is 13.2 Å². The molecule has 0 radical (unpaired) electrons. The molecule has 0 amide bonds. The van der Waals surface area contributed by atoms with Gasteiger partial charge in [-0.15, -0.1) is 0 Å². The smallest absolute Gasteiger partial charge is 0.320 e. The maximum Gasteiger partial charge on any atom is 0.320 e. The van der Waals surface area contributed by atoms with Gasteiger partial charge in [-0.1, -0.05) is 11.6 Å². The SMILES string of the molecule is NC(Cc1c(F)cc(F)c(Cl)c1F)C(=O)O. The second-order valence-corrected chi connectivity index (χ2v) is 3.47. The van der Waals surface area contributed by atoms with E-state index >= 15 is 0 Å². The molecule has 1 atom stereocenters. The van der Waals surface area contributed by atoms with E-state index in [1.165, 1.54) is 0 Å². The van der Waals surface area contributed by atoms with Crippen molar-refractivity contribution in [3.05, 3.63) is 34.1 Å². The minimum Gasteiger partial charge on any atom is -0.480 e. The van der Waals surface area contributed by atoms with Gasteiger partial charge >= 0.3 is 5.97 Å². The van der Waals surface area contributed by atoms with Crippen LogP contribution in [-0.2, 0) is 11.2 Å². The first kappa shape index (κ1) is 12.8. The highest BCUT2D eigenvalue weighted by molar-refractivity contribution is 6.30. The van der Waals surface area contributed by atoms with Crippen LogP contribution in [0.3, 0.4) is 0 Å². The van der Waals surface area contributed by atoms with Gasteiger partial charge in [0.05, 0.1) is 0 Å². The predicted molar refractivity (Wildman–Crippen MR) is 50.6 cm³/mol. The third-order valence-electron chi connectivity index (χ3n) is 1.95. The van der Waals surface area contributed by atoms with Gasteiger partial charge in [0.2, 0.25) is 0 Å². The zero-order valence-electron chi connectivity index (χ0n) is 7.81. The third-order valence-corrected chi connectivity index (χ3v) is 2.30. The monoisotopic (exact) mass is 253 g/mol. The number of halogens is 4. The lowest BCUT2D eigenvalue weighted by atomic mass is 10.1. The van der Waals surface area contributed by atoms with E-state index in [0.29, 0.717) is 6.07 Å². The van der Waals surface area contributed by atoms with Gasteiger partial charge in [-0.05, 0) is 0 Å². The van der Waals surface area contributed by atoms with Crippen molar-refractivity contribution in [2.75, 3.05) is 0 Å². The number of nitrogens with two attached hydrogens (primary N) is 1. The maximum atomic E-state index is 13.3. The molecule has 0 aliphatic heterocycles. The van der Waals surface area contributed by atoms with Gasteiger partial charge in [0.15, 0.2) is 5.82 Å². The number of carbonyl (C=O) groups is 1. The quantitative estimate of drug-likeness (QED) is 0.637. The van der Waals surface area contributed by atoms with Crippen molar-refractivity contribution in [2.45, 2.75) is 12.5 Å². The van der Waals surface area contributed by atoms with Crippen molar-refractivity contribution in [3.8, 4) is 0 Å². The van der Waals surface area contributed by atoms with Crippen LogP contribution >= 0.6 is 11.6 Å². The number of hydrogen-bond donors (Lipinski definition) is 2. The number of benzene rings is 1. The Balaban J connectivity index is 3.14. The molecule has 1 unspecified atom stereocenters. The largest absolute Gasteiger partial charge is 0.480 e. The molecule has 1 aromatic carbocycles. The Morgan fingerprint density at radius 3 is 2.50 bits per heavy atom. The lowest BCUT2D eigenvalue weighted by Crippen LogP contribution is -2.33. The Kier molecular flexibility index (Phi) is 3.77. The van der Waals surface area contributed by atoms with E-state index in [1.54, 1.807) is 0 Å². The fourth-order valence-corrected chi connectivity index (χ4v) is 1.27. The molecule has 3 N–H and O–H groups in total. The van der Waals surface area contributed by atoms with Gasteiger partial charge in [0, 0.05) is 18.1 Å². The molecular weight excluding hydrogens is 247 g/mol. The van der Waals surface area contributed by atoms with E-state index in [2.05, 4.69) is 0 Å². The van der Waals surface area contributed by atoms with E-state index in [-0.39, 0.29) is 0 Å². The summed E-state index contributed by atoms with van der Waals surface area (Å²) in [6.45, 7) is 0. The Morgan fingerprint density at radius 1 is 1.44 bits per heavy atom. The minimum absolute atomic E-state index is 0.384. The molecule has 0 saturated carbocycles. The second kappa shape index (κ2) is 4.71. The zero-order valence-corrected chi connectivity index (χ0v) is 8.56. The van der Waals surface area contributed by atoms with Crippen LogP contribution in [0.1, 0.15) is 5.56 Å². The molecule has 0 fully saturated rings. The second-order valence-electron chi connectivity index (χ2n) is 3.10. The molecule has 88 valence electrons. The molecule has 3 nitrogen and oxygen atoms in total. The van der Waals surface area contributed by atoms with Gasteiger partial charge < -0.3 is 10.8 Å². The molecular formula is C9H7ClF3NO2. The fraction of sp³-hybridized carbons (Fsp3) is 0.222. The topological polar surface area (TPSA) is 63.3 Å². The Morgan fingerprint density at radius 2 is 2.00 bits per heavy atom. The third kappa shape index (κ3) is 2.45. The van der Waals surface area contributed by atoms with Crippen LogP contribution in [0.4, 0.5) is 13.2 Å². The summed E-state index contributed by atoms with van der Waals surface area (Å²) < 4.78 is 39.2. The normalized spacial score (nSPS) is 12.6. The summed E-state index contributed by atoms with van der Waals surface area (Å²) in [5, 5.41) is 7.59. The highest BCUT2D eigenvalue weighted by Gasteiger charge is 2.22. The molecule has 7 heteroatoms. The van der Waals surface area contributed by atoms with Crippen LogP contribution in [-0.4, -0.2) is 17.1 Å². The number of aliphatic carboxylic acids is 1. The summed E-state index contributed by atoms with van der Waals surface area (Å²) in [5.41, 5.74) is 4.47. The molecule has 16 heavy (non-hydrogen) atoms. The van der Waals surface area contributed by atoms with Crippen LogP contribution in [0.2, 0.25) is 5.02 Å².